The number of H-pyrrole nitrogens is 1. The summed E-state index contributed by atoms with van der Waals surface area (Å²) >= 11 is 6.07. The van der Waals surface area contributed by atoms with Crippen LogP contribution in [-0.2, 0) is 10.0 Å². The van der Waals surface area contributed by atoms with E-state index in [2.05, 4.69) is 14.8 Å². The number of hydrogen-bond donors (Lipinski definition) is 3. The SMILES string of the molecule is N#Cc1c[nH]c2c(NS(=O)(=O)c3cnn([C@@H](CO)C(F)F)c3)ccc(Cl)c12. The minimum Gasteiger partial charge on any atom is -0.394 e. The number of fused-ring (bicyclic) bond motifs is 1. The predicted octanol–water partition coefficient (Wildman–Crippen LogP) is 2.49. The summed E-state index contributed by atoms with van der Waals surface area (Å²) in [6, 6.07) is 3.12. The van der Waals surface area contributed by atoms with Crippen LogP contribution in [0.15, 0.2) is 35.6 Å². The number of hydrogen-bond acceptors (Lipinski definition) is 5. The van der Waals surface area contributed by atoms with Gasteiger partial charge in [0.05, 0.1) is 34.6 Å². The van der Waals surface area contributed by atoms with Gasteiger partial charge in [0.2, 0.25) is 0 Å². The summed E-state index contributed by atoms with van der Waals surface area (Å²) in [5.74, 6) is 0. The molecule has 8 nitrogen and oxygen atoms in total. The van der Waals surface area contributed by atoms with Crippen LogP contribution in [0.1, 0.15) is 11.6 Å². The molecule has 142 valence electrons. The molecule has 0 radical (unpaired) electrons. The number of aliphatic hydroxyl groups excluding tert-OH is 1. The zero-order chi connectivity index (χ0) is 19.8. The number of nitriles is 1. The first-order valence-corrected chi connectivity index (χ1v) is 9.30. The summed E-state index contributed by atoms with van der Waals surface area (Å²) in [5.41, 5.74) is 0.665. The van der Waals surface area contributed by atoms with Crippen molar-refractivity contribution in [2.75, 3.05) is 11.3 Å². The van der Waals surface area contributed by atoms with Gasteiger partial charge in [-0.05, 0) is 12.1 Å². The molecule has 2 heterocycles. The normalized spacial score (nSPS) is 13.0. The number of halogens is 3. The molecule has 3 aromatic rings. The molecule has 1 atom stereocenters. The third-order valence-electron chi connectivity index (χ3n) is 3.86. The molecule has 12 heteroatoms. The number of nitrogens with one attached hydrogen (secondary N) is 2. The van der Waals surface area contributed by atoms with Crippen molar-refractivity contribution in [3.8, 4) is 6.07 Å². The Bertz CT molecular complexity index is 1140. The van der Waals surface area contributed by atoms with E-state index in [0.29, 0.717) is 15.6 Å². The van der Waals surface area contributed by atoms with Gasteiger partial charge in [0.25, 0.3) is 16.4 Å². The fourth-order valence-corrected chi connectivity index (χ4v) is 3.77. The van der Waals surface area contributed by atoms with Crippen molar-refractivity contribution in [1.82, 2.24) is 14.8 Å². The largest absolute Gasteiger partial charge is 0.394 e. The van der Waals surface area contributed by atoms with Gasteiger partial charge >= 0.3 is 0 Å². The van der Waals surface area contributed by atoms with Crippen molar-refractivity contribution in [3.05, 3.63) is 41.3 Å². The molecule has 0 saturated carbocycles. The lowest BCUT2D eigenvalue weighted by atomic mass is 10.1. The standard InChI is InChI=1S/C15H12ClF2N5O3S/c16-10-1-2-11(14-13(10)8(3-19)4-20-14)22-27(25,26)9-5-21-23(6-9)12(7-24)15(17)18/h1-2,4-6,12,15,20,22,24H,7H2/t12-/m0/s1. The lowest BCUT2D eigenvalue weighted by Gasteiger charge is -2.13. The highest BCUT2D eigenvalue weighted by Crippen LogP contribution is 2.33. The van der Waals surface area contributed by atoms with E-state index in [9.17, 15) is 17.2 Å². The van der Waals surface area contributed by atoms with Gasteiger partial charge in [0.1, 0.15) is 17.0 Å². The van der Waals surface area contributed by atoms with Gasteiger partial charge in [0.15, 0.2) is 0 Å². The van der Waals surface area contributed by atoms with E-state index >= 15 is 0 Å². The number of aliphatic hydroxyl groups is 1. The quantitative estimate of drug-likeness (QED) is 0.570. The smallest absolute Gasteiger partial charge is 0.265 e. The van der Waals surface area contributed by atoms with Crippen molar-refractivity contribution < 1.29 is 22.3 Å². The van der Waals surface area contributed by atoms with E-state index in [4.69, 9.17) is 22.0 Å². The lowest BCUT2D eigenvalue weighted by molar-refractivity contribution is 0.0420. The van der Waals surface area contributed by atoms with E-state index in [1.807, 2.05) is 6.07 Å². The molecular weight excluding hydrogens is 404 g/mol. The van der Waals surface area contributed by atoms with Crippen molar-refractivity contribution in [3.63, 3.8) is 0 Å². The van der Waals surface area contributed by atoms with Gasteiger partial charge in [-0.2, -0.15) is 10.4 Å². The Kier molecular flexibility index (Phi) is 5.05. The molecule has 0 amide bonds. The first kappa shape index (κ1) is 19.1. The maximum atomic E-state index is 12.9. The van der Waals surface area contributed by atoms with Crippen LogP contribution in [0.2, 0.25) is 5.02 Å². The average molecular weight is 416 g/mol. The summed E-state index contributed by atoms with van der Waals surface area (Å²) in [7, 11) is -4.17. The van der Waals surface area contributed by atoms with E-state index < -0.39 is 29.1 Å². The number of nitrogens with zero attached hydrogens (tertiary/aromatic N) is 3. The monoisotopic (exact) mass is 415 g/mol. The molecule has 0 aliphatic rings. The maximum absolute atomic E-state index is 12.9. The highest BCUT2D eigenvalue weighted by molar-refractivity contribution is 7.92. The van der Waals surface area contributed by atoms with Gasteiger partial charge < -0.3 is 10.1 Å². The summed E-state index contributed by atoms with van der Waals surface area (Å²) in [6.45, 7) is -0.899. The van der Waals surface area contributed by atoms with Crippen LogP contribution < -0.4 is 4.72 Å². The molecule has 0 unspecified atom stereocenters. The van der Waals surface area contributed by atoms with Crippen LogP contribution in [0, 0.1) is 11.3 Å². The van der Waals surface area contributed by atoms with Crippen molar-refractivity contribution >= 4 is 38.2 Å². The molecule has 1 aromatic carbocycles. The Morgan fingerprint density at radius 2 is 2.19 bits per heavy atom. The maximum Gasteiger partial charge on any atom is 0.265 e. The summed E-state index contributed by atoms with van der Waals surface area (Å²) in [5, 5.41) is 22.3. The third kappa shape index (κ3) is 3.46. The highest BCUT2D eigenvalue weighted by atomic mass is 35.5. The molecule has 0 fully saturated rings. The van der Waals surface area contributed by atoms with Gasteiger partial charge in [-0.15, -0.1) is 0 Å². The van der Waals surface area contributed by atoms with Crippen LogP contribution in [0.25, 0.3) is 10.9 Å². The summed E-state index contributed by atoms with van der Waals surface area (Å²) in [6.07, 6.45) is 0.270. The van der Waals surface area contributed by atoms with Crippen molar-refractivity contribution in [2.24, 2.45) is 0 Å². The zero-order valence-electron chi connectivity index (χ0n) is 13.4. The Hall–Kier alpha value is -2.68. The molecule has 2 aromatic heterocycles. The first-order chi connectivity index (χ1) is 12.8. The number of sulfonamides is 1. The van der Waals surface area contributed by atoms with E-state index in [-0.39, 0.29) is 21.2 Å². The van der Waals surface area contributed by atoms with E-state index in [0.717, 1.165) is 12.4 Å². The van der Waals surface area contributed by atoms with Gasteiger partial charge in [0, 0.05) is 17.8 Å². The van der Waals surface area contributed by atoms with Crippen LogP contribution in [0.4, 0.5) is 14.5 Å². The van der Waals surface area contributed by atoms with E-state index in [1.165, 1.54) is 18.3 Å². The van der Waals surface area contributed by atoms with E-state index in [1.54, 1.807) is 0 Å². The molecule has 0 saturated heterocycles. The van der Waals surface area contributed by atoms with Crippen molar-refractivity contribution in [1.29, 1.82) is 5.26 Å². The van der Waals surface area contributed by atoms with Crippen LogP contribution in [-0.4, -0.2) is 41.3 Å². The van der Waals surface area contributed by atoms with Gasteiger partial charge in [-0.25, -0.2) is 17.2 Å². The van der Waals surface area contributed by atoms with Gasteiger partial charge in [-0.1, -0.05) is 11.6 Å². The highest BCUT2D eigenvalue weighted by Gasteiger charge is 2.25. The van der Waals surface area contributed by atoms with Gasteiger partial charge in [-0.3, -0.25) is 9.40 Å². The Morgan fingerprint density at radius 1 is 1.44 bits per heavy atom. The molecule has 0 bridgehead atoms. The van der Waals surface area contributed by atoms with Crippen LogP contribution in [0.3, 0.4) is 0 Å². The fourth-order valence-electron chi connectivity index (χ4n) is 2.50. The second kappa shape index (κ2) is 7.15. The molecule has 0 spiro atoms. The third-order valence-corrected chi connectivity index (χ3v) is 5.49. The summed E-state index contributed by atoms with van der Waals surface area (Å²) in [4.78, 5) is 2.42. The molecular formula is C15H12ClF2N5O3S. The second-order valence-electron chi connectivity index (χ2n) is 5.51. The second-order valence-corrected chi connectivity index (χ2v) is 7.59. The number of alkyl halides is 2. The number of anilines is 1. The minimum atomic E-state index is -4.17. The number of aromatic amines is 1. The molecule has 0 aliphatic carbocycles. The Morgan fingerprint density at radius 3 is 2.81 bits per heavy atom. The topological polar surface area (TPSA) is 124 Å². The minimum absolute atomic E-state index is 0.121. The Labute approximate surface area is 157 Å². The molecule has 27 heavy (non-hydrogen) atoms. The number of benzene rings is 1. The molecule has 3 rings (SSSR count). The predicted molar refractivity (Wildman–Crippen MR) is 93.2 cm³/mol. The number of rotatable bonds is 6. The first-order valence-electron chi connectivity index (χ1n) is 7.44. The fraction of sp³-hybridized carbons (Fsp3) is 0.200. The average Bonchev–Trinajstić information content (AvgIpc) is 3.25. The lowest BCUT2D eigenvalue weighted by Crippen LogP contribution is -2.21. The van der Waals surface area contributed by atoms with Crippen LogP contribution in [0.5, 0.6) is 0 Å². The Balaban J connectivity index is 1.98. The van der Waals surface area contributed by atoms with Crippen LogP contribution >= 0.6 is 11.6 Å². The molecule has 0 aliphatic heterocycles. The number of aromatic nitrogens is 3. The molecule has 3 N–H and O–H groups in total. The summed E-state index contributed by atoms with van der Waals surface area (Å²) < 4.78 is 53.9. The van der Waals surface area contributed by atoms with Crippen molar-refractivity contribution in [2.45, 2.75) is 17.4 Å². The zero-order valence-corrected chi connectivity index (χ0v) is 15.0.